The minimum absolute atomic E-state index is 0.00877. The van der Waals surface area contributed by atoms with Gasteiger partial charge in [-0.3, -0.25) is 0 Å². The quantitative estimate of drug-likeness (QED) is 0.880. The van der Waals surface area contributed by atoms with Crippen LogP contribution in [0.15, 0.2) is 54.6 Å². The SMILES string of the molecule is O=C(O)C(Cc1ccccc1F)OCc1ccccc1. The normalized spacial score (nSPS) is 12.1. The number of carbonyl (C=O) groups is 1. The van der Waals surface area contributed by atoms with Crippen molar-refractivity contribution in [2.45, 2.75) is 19.1 Å². The average Bonchev–Trinajstić information content (AvgIpc) is 2.46. The number of benzene rings is 2. The molecule has 0 aliphatic rings. The van der Waals surface area contributed by atoms with E-state index < -0.39 is 17.9 Å². The van der Waals surface area contributed by atoms with E-state index in [1.807, 2.05) is 30.3 Å². The van der Waals surface area contributed by atoms with E-state index in [-0.39, 0.29) is 13.0 Å². The molecular weight excluding hydrogens is 259 g/mol. The van der Waals surface area contributed by atoms with E-state index in [1.165, 1.54) is 6.07 Å². The Morgan fingerprint density at radius 2 is 1.75 bits per heavy atom. The summed E-state index contributed by atoms with van der Waals surface area (Å²) >= 11 is 0. The molecule has 1 atom stereocenters. The van der Waals surface area contributed by atoms with Crippen LogP contribution in [-0.4, -0.2) is 17.2 Å². The maximum atomic E-state index is 13.5. The number of carboxylic acid groups (broad SMARTS) is 1. The maximum absolute atomic E-state index is 13.5. The van der Waals surface area contributed by atoms with E-state index in [9.17, 15) is 9.18 Å². The smallest absolute Gasteiger partial charge is 0.333 e. The summed E-state index contributed by atoms with van der Waals surface area (Å²) in [4.78, 5) is 11.2. The first-order valence-corrected chi connectivity index (χ1v) is 6.28. The first kappa shape index (κ1) is 14.2. The van der Waals surface area contributed by atoms with Crippen LogP contribution < -0.4 is 0 Å². The van der Waals surface area contributed by atoms with Gasteiger partial charge in [0, 0.05) is 6.42 Å². The largest absolute Gasteiger partial charge is 0.479 e. The molecule has 2 aromatic rings. The molecule has 3 nitrogen and oxygen atoms in total. The second-order valence-corrected chi connectivity index (χ2v) is 4.42. The van der Waals surface area contributed by atoms with Gasteiger partial charge >= 0.3 is 5.97 Å². The summed E-state index contributed by atoms with van der Waals surface area (Å²) in [5, 5.41) is 9.16. The van der Waals surface area contributed by atoms with Gasteiger partial charge in [0.1, 0.15) is 5.82 Å². The number of hydrogen-bond donors (Lipinski definition) is 1. The summed E-state index contributed by atoms with van der Waals surface area (Å²) in [6.07, 6.45) is -1.05. The summed E-state index contributed by atoms with van der Waals surface area (Å²) in [5.74, 6) is -1.51. The van der Waals surface area contributed by atoms with Gasteiger partial charge in [-0.2, -0.15) is 0 Å². The minimum Gasteiger partial charge on any atom is -0.479 e. The van der Waals surface area contributed by atoms with E-state index in [2.05, 4.69) is 0 Å². The lowest BCUT2D eigenvalue weighted by atomic mass is 10.1. The predicted octanol–water partition coefficient (Wildman–Crippen LogP) is 3.04. The summed E-state index contributed by atoms with van der Waals surface area (Å²) in [7, 11) is 0. The van der Waals surface area contributed by atoms with Crippen LogP contribution in [0.25, 0.3) is 0 Å². The number of aliphatic carboxylic acids is 1. The third-order valence-electron chi connectivity index (χ3n) is 2.93. The maximum Gasteiger partial charge on any atom is 0.333 e. The molecule has 1 N–H and O–H groups in total. The lowest BCUT2D eigenvalue weighted by Crippen LogP contribution is -2.26. The fourth-order valence-corrected chi connectivity index (χ4v) is 1.85. The highest BCUT2D eigenvalue weighted by Gasteiger charge is 2.20. The summed E-state index contributed by atoms with van der Waals surface area (Å²) < 4.78 is 18.9. The Hall–Kier alpha value is -2.20. The summed E-state index contributed by atoms with van der Waals surface area (Å²) in [6.45, 7) is 0.187. The van der Waals surface area contributed by atoms with Gasteiger partial charge in [0.15, 0.2) is 6.10 Å². The molecule has 0 aromatic heterocycles. The topological polar surface area (TPSA) is 46.5 Å². The van der Waals surface area contributed by atoms with Gasteiger partial charge in [0.25, 0.3) is 0 Å². The van der Waals surface area contributed by atoms with Crippen LogP contribution in [0.3, 0.4) is 0 Å². The van der Waals surface area contributed by atoms with Crippen molar-refractivity contribution in [3.63, 3.8) is 0 Å². The van der Waals surface area contributed by atoms with Crippen molar-refractivity contribution in [2.24, 2.45) is 0 Å². The zero-order valence-electron chi connectivity index (χ0n) is 10.8. The number of halogens is 1. The standard InChI is InChI=1S/C16H15FO3/c17-14-9-5-4-8-13(14)10-15(16(18)19)20-11-12-6-2-1-3-7-12/h1-9,15H,10-11H2,(H,18,19). The molecule has 4 heteroatoms. The van der Waals surface area contributed by atoms with Crippen LogP contribution in [0.2, 0.25) is 0 Å². The molecule has 20 heavy (non-hydrogen) atoms. The molecule has 0 amide bonds. The van der Waals surface area contributed by atoms with Gasteiger partial charge in [0.05, 0.1) is 6.61 Å². The lowest BCUT2D eigenvalue weighted by molar-refractivity contribution is -0.151. The molecule has 0 aliphatic carbocycles. The van der Waals surface area contributed by atoms with E-state index in [1.54, 1.807) is 18.2 Å². The van der Waals surface area contributed by atoms with Crippen molar-refractivity contribution in [3.05, 3.63) is 71.5 Å². The highest BCUT2D eigenvalue weighted by atomic mass is 19.1. The fourth-order valence-electron chi connectivity index (χ4n) is 1.85. The van der Waals surface area contributed by atoms with Crippen molar-refractivity contribution in [1.82, 2.24) is 0 Å². The number of hydrogen-bond acceptors (Lipinski definition) is 2. The van der Waals surface area contributed by atoms with Crippen molar-refractivity contribution in [2.75, 3.05) is 0 Å². The molecule has 0 heterocycles. The molecule has 0 spiro atoms. The Labute approximate surface area is 116 Å². The van der Waals surface area contributed by atoms with Gasteiger partial charge in [-0.25, -0.2) is 9.18 Å². The zero-order chi connectivity index (χ0) is 14.4. The van der Waals surface area contributed by atoms with Crippen LogP contribution in [0.5, 0.6) is 0 Å². The Morgan fingerprint density at radius 1 is 1.10 bits per heavy atom. The molecular formula is C16H15FO3. The van der Waals surface area contributed by atoms with Crippen LogP contribution in [0.4, 0.5) is 4.39 Å². The Bertz CT molecular complexity index is 569. The highest BCUT2D eigenvalue weighted by molar-refractivity contribution is 5.72. The lowest BCUT2D eigenvalue weighted by Gasteiger charge is -2.14. The minimum atomic E-state index is -1.09. The highest BCUT2D eigenvalue weighted by Crippen LogP contribution is 2.13. The first-order chi connectivity index (χ1) is 9.66. The number of carboxylic acids is 1. The van der Waals surface area contributed by atoms with E-state index in [0.29, 0.717) is 5.56 Å². The predicted molar refractivity (Wildman–Crippen MR) is 72.8 cm³/mol. The first-order valence-electron chi connectivity index (χ1n) is 6.28. The Morgan fingerprint density at radius 3 is 2.40 bits per heavy atom. The van der Waals surface area contributed by atoms with Crippen LogP contribution in [0, 0.1) is 5.82 Å². The third-order valence-corrected chi connectivity index (χ3v) is 2.93. The van der Waals surface area contributed by atoms with Gasteiger partial charge in [-0.05, 0) is 17.2 Å². The monoisotopic (exact) mass is 274 g/mol. The molecule has 104 valence electrons. The van der Waals surface area contributed by atoms with Crippen molar-refractivity contribution >= 4 is 5.97 Å². The Kier molecular flexibility index (Phi) is 4.85. The molecule has 0 fully saturated rings. The van der Waals surface area contributed by atoms with Crippen LogP contribution in [-0.2, 0) is 22.6 Å². The van der Waals surface area contributed by atoms with Gasteiger partial charge < -0.3 is 9.84 Å². The van der Waals surface area contributed by atoms with Crippen LogP contribution in [0.1, 0.15) is 11.1 Å². The Balaban J connectivity index is 2.01. The summed E-state index contributed by atoms with van der Waals surface area (Å²) in [6, 6.07) is 15.4. The van der Waals surface area contributed by atoms with Crippen molar-refractivity contribution in [3.8, 4) is 0 Å². The molecule has 0 bridgehead atoms. The summed E-state index contributed by atoms with van der Waals surface area (Å²) in [5.41, 5.74) is 1.22. The van der Waals surface area contributed by atoms with Crippen molar-refractivity contribution in [1.29, 1.82) is 0 Å². The second-order valence-electron chi connectivity index (χ2n) is 4.42. The molecule has 0 saturated carbocycles. The average molecular weight is 274 g/mol. The number of ether oxygens (including phenoxy) is 1. The van der Waals surface area contributed by atoms with Crippen molar-refractivity contribution < 1.29 is 19.0 Å². The molecule has 0 aliphatic heterocycles. The molecule has 2 rings (SSSR count). The molecule has 1 unspecified atom stereocenters. The van der Waals surface area contributed by atoms with Crippen LogP contribution >= 0.6 is 0 Å². The molecule has 0 radical (unpaired) electrons. The van der Waals surface area contributed by atoms with E-state index in [4.69, 9.17) is 9.84 Å². The van der Waals surface area contributed by atoms with Gasteiger partial charge in [-0.15, -0.1) is 0 Å². The molecule has 0 saturated heterocycles. The van der Waals surface area contributed by atoms with E-state index in [0.717, 1.165) is 5.56 Å². The third kappa shape index (κ3) is 3.90. The van der Waals surface area contributed by atoms with Gasteiger partial charge in [0.2, 0.25) is 0 Å². The van der Waals surface area contributed by atoms with E-state index >= 15 is 0 Å². The zero-order valence-corrected chi connectivity index (χ0v) is 10.8. The molecule has 2 aromatic carbocycles. The van der Waals surface area contributed by atoms with Gasteiger partial charge in [-0.1, -0.05) is 48.5 Å². The second kappa shape index (κ2) is 6.82. The number of rotatable bonds is 6. The fraction of sp³-hybridized carbons (Fsp3) is 0.188.